The predicted molar refractivity (Wildman–Crippen MR) is 58.9 cm³/mol. The molecular weight excluding hydrogens is 306 g/mol. The van der Waals surface area contributed by atoms with Crippen LogP contribution in [-0.4, -0.2) is 12.5 Å². The molecule has 1 aromatic rings. The molecule has 21 heavy (non-hydrogen) atoms. The lowest BCUT2D eigenvalue weighted by atomic mass is 10.1. The van der Waals surface area contributed by atoms with E-state index in [1.165, 1.54) is 0 Å². The number of hydrogen-bond acceptors (Lipinski definition) is 3. The first-order chi connectivity index (χ1) is 9.54. The largest absolute Gasteiger partial charge is 0.493 e. The molecule has 1 aromatic carbocycles. The fourth-order valence-electron chi connectivity index (χ4n) is 1.34. The molecule has 0 radical (unpaired) electrons. The van der Waals surface area contributed by atoms with Gasteiger partial charge in [0, 0.05) is 0 Å². The van der Waals surface area contributed by atoms with E-state index >= 15 is 0 Å². The highest BCUT2D eigenvalue weighted by molar-refractivity contribution is 5.75. The predicted octanol–water partition coefficient (Wildman–Crippen LogP) is 2.48. The number of nitrogens with one attached hydrogen (secondary N) is 1. The Hall–Kier alpha value is -1.97. The summed E-state index contributed by atoms with van der Waals surface area (Å²) in [5, 5.41) is 0. The van der Waals surface area contributed by atoms with Gasteiger partial charge in [-0.2, -0.15) is 26.3 Å². The zero-order valence-corrected chi connectivity index (χ0v) is 10.3. The number of alkyl halides is 6. The number of halogens is 6. The Kier molecular flexibility index (Phi) is 5.05. The van der Waals surface area contributed by atoms with Crippen LogP contribution in [0.1, 0.15) is 17.5 Å². The number of ether oxygens (including phenoxy) is 1. The maximum atomic E-state index is 12.5. The molecule has 0 heterocycles. The standard InChI is InChI=1S/C11H10F6N2O2/c12-10(13,14)6-3-7(11(15,16)17)5-8(4-6)21-2-1-9(20)19-18/h3-5H,1-2,18H2,(H,19,20). The molecule has 0 aromatic heterocycles. The Morgan fingerprint density at radius 1 is 1.05 bits per heavy atom. The lowest BCUT2D eigenvalue weighted by molar-refractivity contribution is -0.143. The van der Waals surface area contributed by atoms with Gasteiger partial charge in [-0.1, -0.05) is 0 Å². The van der Waals surface area contributed by atoms with Gasteiger partial charge in [-0.15, -0.1) is 0 Å². The molecule has 0 aliphatic rings. The summed E-state index contributed by atoms with van der Waals surface area (Å²) in [6.07, 6.45) is -10.2. The highest BCUT2D eigenvalue weighted by atomic mass is 19.4. The molecule has 0 fully saturated rings. The van der Waals surface area contributed by atoms with Crippen molar-refractivity contribution in [3.05, 3.63) is 29.3 Å². The fraction of sp³-hybridized carbons (Fsp3) is 0.364. The van der Waals surface area contributed by atoms with Crippen LogP contribution in [-0.2, 0) is 17.1 Å². The average molecular weight is 316 g/mol. The molecular formula is C11H10F6N2O2. The molecule has 0 bridgehead atoms. The van der Waals surface area contributed by atoms with Crippen molar-refractivity contribution in [2.75, 3.05) is 6.61 Å². The normalized spacial score (nSPS) is 12.1. The van der Waals surface area contributed by atoms with Crippen LogP contribution in [0.15, 0.2) is 18.2 Å². The number of benzene rings is 1. The van der Waals surface area contributed by atoms with Crippen molar-refractivity contribution < 1.29 is 35.9 Å². The molecule has 118 valence electrons. The summed E-state index contributed by atoms with van der Waals surface area (Å²) >= 11 is 0. The Morgan fingerprint density at radius 3 is 1.90 bits per heavy atom. The SMILES string of the molecule is NNC(=O)CCOc1cc(C(F)(F)F)cc(C(F)(F)F)c1. The van der Waals surface area contributed by atoms with Gasteiger partial charge >= 0.3 is 12.4 Å². The van der Waals surface area contributed by atoms with Gasteiger partial charge in [-0.3, -0.25) is 10.2 Å². The van der Waals surface area contributed by atoms with Gasteiger partial charge in [-0.05, 0) is 18.2 Å². The van der Waals surface area contributed by atoms with Gasteiger partial charge in [0.25, 0.3) is 0 Å². The average Bonchev–Trinajstić information content (AvgIpc) is 2.36. The molecule has 0 aliphatic carbocycles. The molecule has 0 aliphatic heterocycles. The van der Waals surface area contributed by atoms with Crippen LogP contribution in [0.4, 0.5) is 26.3 Å². The number of hydrogen-bond donors (Lipinski definition) is 2. The summed E-state index contributed by atoms with van der Waals surface area (Å²) in [7, 11) is 0. The van der Waals surface area contributed by atoms with E-state index in [9.17, 15) is 31.1 Å². The highest BCUT2D eigenvalue weighted by Gasteiger charge is 2.37. The van der Waals surface area contributed by atoms with E-state index in [1.54, 1.807) is 5.43 Å². The van der Waals surface area contributed by atoms with Gasteiger partial charge in [0.05, 0.1) is 24.2 Å². The maximum Gasteiger partial charge on any atom is 0.416 e. The summed E-state index contributed by atoms with van der Waals surface area (Å²) in [6.45, 7) is -0.415. The number of carbonyl (C=O) groups excluding carboxylic acids is 1. The van der Waals surface area contributed by atoms with Gasteiger partial charge in [-0.25, -0.2) is 5.84 Å². The van der Waals surface area contributed by atoms with E-state index in [2.05, 4.69) is 0 Å². The summed E-state index contributed by atoms with van der Waals surface area (Å²) in [5.41, 5.74) is -1.24. The number of amides is 1. The van der Waals surface area contributed by atoms with Crippen molar-refractivity contribution in [2.24, 2.45) is 5.84 Å². The van der Waals surface area contributed by atoms with Crippen LogP contribution in [0, 0.1) is 0 Å². The van der Waals surface area contributed by atoms with Gasteiger partial charge in [0.2, 0.25) is 5.91 Å². The van der Waals surface area contributed by atoms with E-state index in [0.717, 1.165) is 0 Å². The summed E-state index contributed by atoms with van der Waals surface area (Å²) < 4.78 is 80.0. The zero-order valence-electron chi connectivity index (χ0n) is 10.3. The molecule has 3 N–H and O–H groups in total. The third-order valence-corrected chi connectivity index (χ3v) is 2.32. The summed E-state index contributed by atoms with van der Waals surface area (Å²) in [6, 6.07) is 0.838. The minimum atomic E-state index is -4.95. The molecule has 0 unspecified atom stereocenters. The van der Waals surface area contributed by atoms with Crippen LogP contribution in [0.3, 0.4) is 0 Å². The van der Waals surface area contributed by atoms with E-state index in [0.29, 0.717) is 12.1 Å². The second-order valence-corrected chi connectivity index (χ2v) is 3.91. The molecule has 10 heteroatoms. The Bertz CT molecular complexity index is 480. The van der Waals surface area contributed by atoms with Crippen LogP contribution >= 0.6 is 0 Å². The van der Waals surface area contributed by atoms with E-state index in [-0.39, 0.29) is 12.5 Å². The Morgan fingerprint density at radius 2 is 1.52 bits per heavy atom. The molecule has 1 rings (SSSR count). The number of hydrazine groups is 1. The minimum absolute atomic E-state index is 0.0144. The third-order valence-electron chi connectivity index (χ3n) is 2.32. The third kappa shape index (κ3) is 5.14. The lowest BCUT2D eigenvalue weighted by Gasteiger charge is -2.14. The summed E-state index contributed by atoms with van der Waals surface area (Å²) in [4.78, 5) is 10.8. The van der Waals surface area contributed by atoms with Crippen molar-refractivity contribution in [2.45, 2.75) is 18.8 Å². The fourth-order valence-corrected chi connectivity index (χ4v) is 1.34. The van der Waals surface area contributed by atoms with Crippen LogP contribution in [0.5, 0.6) is 5.75 Å². The van der Waals surface area contributed by atoms with Crippen molar-refractivity contribution >= 4 is 5.91 Å². The molecule has 0 atom stereocenters. The molecule has 1 amide bonds. The zero-order chi connectivity index (χ0) is 16.3. The van der Waals surface area contributed by atoms with Gasteiger partial charge in [0.15, 0.2) is 0 Å². The topological polar surface area (TPSA) is 64.3 Å². The highest BCUT2D eigenvalue weighted by Crippen LogP contribution is 2.38. The second kappa shape index (κ2) is 6.20. The van der Waals surface area contributed by atoms with Crippen molar-refractivity contribution in [3.8, 4) is 5.75 Å². The number of carbonyl (C=O) groups is 1. The smallest absolute Gasteiger partial charge is 0.416 e. The molecule has 0 spiro atoms. The first-order valence-corrected chi connectivity index (χ1v) is 5.46. The van der Waals surface area contributed by atoms with E-state index in [4.69, 9.17) is 10.6 Å². The van der Waals surface area contributed by atoms with E-state index < -0.39 is 41.7 Å². The van der Waals surface area contributed by atoms with Crippen molar-refractivity contribution in [1.82, 2.24) is 5.43 Å². The van der Waals surface area contributed by atoms with Crippen LogP contribution in [0.25, 0.3) is 0 Å². The Labute approximate surface area is 114 Å². The van der Waals surface area contributed by atoms with Crippen molar-refractivity contribution in [1.29, 1.82) is 0 Å². The Balaban J connectivity index is 3.00. The molecule has 4 nitrogen and oxygen atoms in total. The first-order valence-electron chi connectivity index (χ1n) is 5.46. The first kappa shape index (κ1) is 17.1. The van der Waals surface area contributed by atoms with Crippen LogP contribution < -0.4 is 16.0 Å². The summed E-state index contributed by atoms with van der Waals surface area (Å²) in [5.74, 6) is 3.46. The monoisotopic (exact) mass is 316 g/mol. The number of nitrogens with two attached hydrogens (primary N) is 1. The van der Waals surface area contributed by atoms with Crippen LogP contribution in [0.2, 0.25) is 0 Å². The number of rotatable bonds is 4. The van der Waals surface area contributed by atoms with Crippen molar-refractivity contribution in [3.63, 3.8) is 0 Å². The lowest BCUT2D eigenvalue weighted by Crippen LogP contribution is -2.31. The van der Waals surface area contributed by atoms with Gasteiger partial charge < -0.3 is 4.74 Å². The molecule has 0 saturated carbocycles. The quantitative estimate of drug-likeness (QED) is 0.388. The van der Waals surface area contributed by atoms with E-state index in [1.807, 2.05) is 0 Å². The maximum absolute atomic E-state index is 12.5. The second-order valence-electron chi connectivity index (χ2n) is 3.91. The molecule has 0 saturated heterocycles. The minimum Gasteiger partial charge on any atom is -0.493 e. The van der Waals surface area contributed by atoms with Gasteiger partial charge in [0.1, 0.15) is 5.75 Å².